The highest BCUT2D eigenvalue weighted by atomic mass is 16.2. The lowest BCUT2D eigenvalue weighted by Crippen LogP contribution is -2.38. The number of nitrogens with one attached hydrogen (secondary N) is 1. The summed E-state index contributed by atoms with van der Waals surface area (Å²) in [6.07, 6.45) is 1.34. The topological polar surface area (TPSA) is 49.4 Å². The maximum absolute atomic E-state index is 11.1. The number of amides is 2. The summed E-state index contributed by atoms with van der Waals surface area (Å²) in [6.45, 7) is 2.31. The van der Waals surface area contributed by atoms with Crippen LogP contribution in [0.15, 0.2) is 0 Å². The van der Waals surface area contributed by atoms with E-state index in [-0.39, 0.29) is 6.03 Å². The molecule has 2 aliphatic rings. The summed E-state index contributed by atoms with van der Waals surface area (Å²) in [5, 5.41) is 2.74. The zero-order chi connectivity index (χ0) is 8.55. The second kappa shape index (κ2) is 2.77. The molecule has 1 aliphatic carbocycles. The average Bonchev–Trinajstić information content (AvgIpc) is 2.33. The maximum atomic E-state index is 11.1. The number of carbonyl (C=O) groups excluding carboxylic acids is 2. The Morgan fingerprint density at radius 2 is 2.17 bits per heavy atom. The second-order valence-corrected chi connectivity index (χ2v) is 3.49. The van der Waals surface area contributed by atoms with Gasteiger partial charge in [0.05, 0.1) is 0 Å². The van der Waals surface area contributed by atoms with E-state index in [4.69, 9.17) is 0 Å². The molecule has 66 valence electrons. The van der Waals surface area contributed by atoms with Crippen LogP contribution in [0.3, 0.4) is 0 Å². The Labute approximate surface area is 70.9 Å². The number of rotatable bonds is 2. The van der Waals surface area contributed by atoms with Gasteiger partial charge in [0.15, 0.2) is 0 Å². The van der Waals surface area contributed by atoms with Gasteiger partial charge < -0.3 is 10.2 Å². The van der Waals surface area contributed by atoms with Crippen molar-refractivity contribution in [2.24, 2.45) is 5.92 Å². The van der Waals surface area contributed by atoms with E-state index in [1.165, 1.54) is 0 Å². The molecule has 0 aromatic heterocycles. The molecule has 1 saturated carbocycles. The Balaban J connectivity index is 1.79. The minimum absolute atomic E-state index is 0.0225. The van der Waals surface area contributed by atoms with Gasteiger partial charge in [-0.2, -0.15) is 0 Å². The molecule has 0 aromatic carbocycles. The zero-order valence-electron chi connectivity index (χ0n) is 6.88. The molecule has 0 aromatic rings. The molecule has 2 rings (SSSR count). The third kappa shape index (κ3) is 1.29. The third-order valence-corrected chi connectivity index (χ3v) is 2.46. The average molecular weight is 168 g/mol. The molecule has 0 spiro atoms. The first kappa shape index (κ1) is 7.58. The highest BCUT2D eigenvalue weighted by Gasteiger charge is 2.31. The summed E-state index contributed by atoms with van der Waals surface area (Å²) in [5.41, 5.74) is 0. The van der Waals surface area contributed by atoms with Crippen LogP contribution in [0.25, 0.3) is 0 Å². The normalized spacial score (nSPS) is 24.2. The van der Waals surface area contributed by atoms with Gasteiger partial charge in [-0.05, 0) is 5.92 Å². The fraction of sp³-hybridized carbons (Fsp3) is 0.750. The van der Waals surface area contributed by atoms with Gasteiger partial charge in [-0.25, -0.2) is 4.79 Å². The number of hydrogen-bond acceptors (Lipinski definition) is 2. The molecule has 1 aliphatic heterocycles. The fourth-order valence-electron chi connectivity index (χ4n) is 1.71. The zero-order valence-corrected chi connectivity index (χ0v) is 6.88. The Hall–Kier alpha value is -1.06. The van der Waals surface area contributed by atoms with Gasteiger partial charge in [-0.3, -0.25) is 4.79 Å². The first-order chi connectivity index (χ1) is 5.75. The molecule has 1 N–H and O–H groups in total. The molecule has 1 saturated heterocycles. The Morgan fingerprint density at radius 1 is 1.42 bits per heavy atom. The van der Waals surface area contributed by atoms with Crippen molar-refractivity contribution in [2.75, 3.05) is 19.6 Å². The van der Waals surface area contributed by atoms with Crippen LogP contribution >= 0.6 is 0 Å². The van der Waals surface area contributed by atoms with Crippen molar-refractivity contribution >= 4 is 11.8 Å². The van der Waals surface area contributed by atoms with Crippen LogP contribution in [-0.2, 0) is 4.79 Å². The summed E-state index contributed by atoms with van der Waals surface area (Å²) >= 11 is 0. The van der Waals surface area contributed by atoms with Gasteiger partial charge in [0.2, 0.25) is 0 Å². The van der Waals surface area contributed by atoms with Gasteiger partial charge in [0.1, 0.15) is 5.78 Å². The smallest absolute Gasteiger partial charge is 0.317 e. The number of Topliss-reactive ketones (excluding diaryl/α,β-unsaturated/α-hetero) is 1. The first-order valence-corrected chi connectivity index (χ1v) is 4.30. The highest BCUT2D eigenvalue weighted by molar-refractivity contribution is 5.85. The molecule has 0 radical (unpaired) electrons. The summed E-state index contributed by atoms with van der Waals surface area (Å²) in [4.78, 5) is 23.5. The minimum Gasteiger partial charge on any atom is -0.336 e. The number of carbonyl (C=O) groups is 2. The predicted octanol–water partition coefficient (Wildman–Crippen LogP) is -0.00930. The molecular formula is C8H12N2O2. The van der Waals surface area contributed by atoms with E-state index in [9.17, 15) is 9.59 Å². The molecule has 2 amide bonds. The fourth-order valence-corrected chi connectivity index (χ4v) is 1.71. The standard InChI is InChI=1S/C8H12N2O2/c11-7-3-6(4-7)5-10-2-1-9-8(10)12/h6H,1-5H2,(H,9,12). The van der Waals surface area contributed by atoms with E-state index in [1.807, 2.05) is 0 Å². The molecule has 0 unspecified atom stereocenters. The van der Waals surface area contributed by atoms with Crippen molar-refractivity contribution in [3.05, 3.63) is 0 Å². The molecule has 0 atom stereocenters. The summed E-state index contributed by atoms with van der Waals surface area (Å²) in [6, 6.07) is 0.0225. The van der Waals surface area contributed by atoms with E-state index in [1.54, 1.807) is 4.90 Å². The number of ketones is 1. The van der Waals surface area contributed by atoms with Gasteiger partial charge in [-0.1, -0.05) is 0 Å². The largest absolute Gasteiger partial charge is 0.336 e. The van der Waals surface area contributed by atoms with E-state index in [0.29, 0.717) is 24.5 Å². The third-order valence-electron chi connectivity index (χ3n) is 2.46. The molecule has 4 heteroatoms. The lowest BCUT2D eigenvalue weighted by atomic mass is 9.84. The molecule has 4 nitrogen and oxygen atoms in total. The van der Waals surface area contributed by atoms with Crippen LogP contribution in [0, 0.1) is 5.92 Å². The molecule has 2 fully saturated rings. The van der Waals surface area contributed by atoms with Crippen molar-refractivity contribution in [1.29, 1.82) is 0 Å². The SMILES string of the molecule is O=C1CC(CN2CCNC2=O)C1. The number of hydrogen-bond donors (Lipinski definition) is 1. The van der Waals surface area contributed by atoms with Crippen molar-refractivity contribution in [1.82, 2.24) is 10.2 Å². The Bertz CT molecular complexity index is 219. The van der Waals surface area contributed by atoms with Crippen LogP contribution in [0.1, 0.15) is 12.8 Å². The Kier molecular flexibility index (Phi) is 1.75. The van der Waals surface area contributed by atoms with Crippen LogP contribution in [-0.4, -0.2) is 36.3 Å². The van der Waals surface area contributed by atoms with Gasteiger partial charge >= 0.3 is 6.03 Å². The van der Waals surface area contributed by atoms with Gasteiger partial charge in [-0.15, -0.1) is 0 Å². The molecule has 12 heavy (non-hydrogen) atoms. The molecular weight excluding hydrogens is 156 g/mol. The van der Waals surface area contributed by atoms with Crippen molar-refractivity contribution in [3.63, 3.8) is 0 Å². The lowest BCUT2D eigenvalue weighted by molar-refractivity contribution is -0.127. The van der Waals surface area contributed by atoms with Crippen LogP contribution in [0.2, 0.25) is 0 Å². The second-order valence-electron chi connectivity index (χ2n) is 3.49. The monoisotopic (exact) mass is 168 g/mol. The van der Waals surface area contributed by atoms with E-state index < -0.39 is 0 Å². The minimum atomic E-state index is 0.0225. The van der Waals surface area contributed by atoms with E-state index in [0.717, 1.165) is 19.6 Å². The molecule has 0 bridgehead atoms. The van der Waals surface area contributed by atoms with Crippen molar-refractivity contribution in [2.45, 2.75) is 12.8 Å². The van der Waals surface area contributed by atoms with Gasteiger partial charge in [0, 0.05) is 32.5 Å². The van der Waals surface area contributed by atoms with Crippen molar-refractivity contribution < 1.29 is 9.59 Å². The summed E-state index contributed by atoms with van der Waals surface area (Å²) in [7, 11) is 0. The van der Waals surface area contributed by atoms with E-state index >= 15 is 0 Å². The van der Waals surface area contributed by atoms with Crippen molar-refractivity contribution in [3.8, 4) is 0 Å². The number of urea groups is 1. The van der Waals surface area contributed by atoms with Crippen LogP contribution in [0.4, 0.5) is 4.79 Å². The molecule has 1 heterocycles. The summed E-state index contributed by atoms with van der Waals surface area (Å²) in [5.74, 6) is 0.765. The van der Waals surface area contributed by atoms with Gasteiger partial charge in [0.25, 0.3) is 0 Å². The van der Waals surface area contributed by atoms with Crippen LogP contribution < -0.4 is 5.32 Å². The highest BCUT2D eigenvalue weighted by Crippen LogP contribution is 2.23. The maximum Gasteiger partial charge on any atom is 0.317 e. The Morgan fingerprint density at radius 3 is 2.67 bits per heavy atom. The lowest BCUT2D eigenvalue weighted by Gasteiger charge is -2.27. The summed E-state index contributed by atoms with van der Waals surface area (Å²) < 4.78 is 0. The predicted molar refractivity (Wildman–Crippen MR) is 42.7 cm³/mol. The van der Waals surface area contributed by atoms with Crippen LogP contribution in [0.5, 0.6) is 0 Å². The quantitative estimate of drug-likeness (QED) is 0.630. The first-order valence-electron chi connectivity index (χ1n) is 4.30. The number of nitrogens with zero attached hydrogens (tertiary/aromatic N) is 1. The van der Waals surface area contributed by atoms with E-state index in [2.05, 4.69) is 5.32 Å².